The van der Waals surface area contributed by atoms with Gasteiger partial charge in [-0.3, -0.25) is 0 Å². The van der Waals surface area contributed by atoms with Crippen LogP contribution in [0, 0.1) is 6.92 Å². The van der Waals surface area contributed by atoms with Crippen LogP contribution >= 0.6 is 15.9 Å². The molecule has 3 heteroatoms. The molecule has 0 saturated heterocycles. The number of halogens is 1. The minimum atomic E-state index is -0.180. The predicted molar refractivity (Wildman–Crippen MR) is 82.5 cm³/mol. The first kappa shape index (κ1) is 14.1. The lowest BCUT2D eigenvalue weighted by Crippen LogP contribution is -2.14. The number of nitrogens with two attached hydrogens (primary N) is 1. The third-order valence-electron chi connectivity index (χ3n) is 3.13. The lowest BCUT2D eigenvalue weighted by Gasteiger charge is -2.19. The molecule has 2 aromatic carbocycles. The second-order valence-electron chi connectivity index (χ2n) is 4.45. The molecule has 2 rings (SSSR count). The molecule has 1 atom stereocenters. The van der Waals surface area contributed by atoms with Gasteiger partial charge in [-0.1, -0.05) is 40.2 Å². The van der Waals surface area contributed by atoms with Gasteiger partial charge in [0.25, 0.3) is 0 Å². The zero-order chi connectivity index (χ0) is 13.8. The van der Waals surface area contributed by atoms with E-state index in [2.05, 4.69) is 35.0 Å². The maximum atomic E-state index is 6.42. The smallest absolute Gasteiger partial charge is 0.124 e. The summed E-state index contributed by atoms with van der Waals surface area (Å²) in [7, 11) is 0. The van der Waals surface area contributed by atoms with Crippen LogP contribution in [0.25, 0.3) is 0 Å². The summed E-state index contributed by atoms with van der Waals surface area (Å²) in [6.45, 7) is 4.69. The predicted octanol–water partition coefficient (Wildman–Crippen LogP) is 4.20. The van der Waals surface area contributed by atoms with E-state index in [-0.39, 0.29) is 6.04 Å². The molecule has 0 aromatic heterocycles. The molecule has 100 valence electrons. The molecule has 0 aliphatic carbocycles. The van der Waals surface area contributed by atoms with Crippen molar-refractivity contribution in [3.05, 3.63) is 63.6 Å². The van der Waals surface area contributed by atoms with Crippen molar-refractivity contribution in [3.63, 3.8) is 0 Å². The fourth-order valence-electron chi connectivity index (χ4n) is 2.15. The van der Waals surface area contributed by atoms with Crippen LogP contribution in [0.3, 0.4) is 0 Å². The molecule has 0 aliphatic heterocycles. The summed E-state index contributed by atoms with van der Waals surface area (Å²) in [4.78, 5) is 0. The molecule has 2 nitrogen and oxygen atoms in total. The van der Waals surface area contributed by atoms with E-state index in [0.29, 0.717) is 6.61 Å². The zero-order valence-electron chi connectivity index (χ0n) is 11.2. The minimum absolute atomic E-state index is 0.180. The van der Waals surface area contributed by atoms with Crippen molar-refractivity contribution in [1.29, 1.82) is 0 Å². The van der Waals surface area contributed by atoms with Gasteiger partial charge in [0.15, 0.2) is 0 Å². The van der Waals surface area contributed by atoms with Crippen LogP contribution in [0.5, 0.6) is 5.75 Å². The summed E-state index contributed by atoms with van der Waals surface area (Å²) in [5.41, 5.74) is 9.74. The lowest BCUT2D eigenvalue weighted by atomic mass is 9.95. The molecule has 0 amide bonds. The first-order chi connectivity index (χ1) is 9.13. The summed E-state index contributed by atoms with van der Waals surface area (Å²) in [5, 5.41) is 0. The van der Waals surface area contributed by atoms with Crippen LogP contribution in [-0.4, -0.2) is 6.61 Å². The molecule has 19 heavy (non-hydrogen) atoms. The van der Waals surface area contributed by atoms with Crippen LogP contribution in [0.1, 0.15) is 29.7 Å². The van der Waals surface area contributed by atoms with E-state index in [0.717, 1.165) is 21.3 Å². The van der Waals surface area contributed by atoms with Crippen molar-refractivity contribution in [2.24, 2.45) is 5.73 Å². The van der Waals surface area contributed by atoms with Gasteiger partial charge in [0.05, 0.1) is 12.6 Å². The molecule has 0 heterocycles. The van der Waals surface area contributed by atoms with E-state index in [1.807, 2.05) is 37.3 Å². The number of ether oxygens (including phenoxy) is 1. The second-order valence-corrected chi connectivity index (χ2v) is 5.37. The Labute approximate surface area is 122 Å². The van der Waals surface area contributed by atoms with Gasteiger partial charge in [-0.15, -0.1) is 0 Å². The highest BCUT2D eigenvalue weighted by atomic mass is 79.9. The maximum absolute atomic E-state index is 6.42. The maximum Gasteiger partial charge on any atom is 0.124 e. The Morgan fingerprint density at radius 3 is 2.58 bits per heavy atom. The number of aryl methyl sites for hydroxylation is 1. The Bertz CT molecular complexity index is 568. The van der Waals surface area contributed by atoms with Crippen molar-refractivity contribution in [2.45, 2.75) is 19.9 Å². The molecule has 1 unspecified atom stereocenters. The van der Waals surface area contributed by atoms with Gasteiger partial charge in [0, 0.05) is 10.0 Å². The largest absolute Gasteiger partial charge is 0.494 e. The monoisotopic (exact) mass is 319 g/mol. The summed E-state index contributed by atoms with van der Waals surface area (Å²) in [6, 6.07) is 14.0. The first-order valence-electron chi connectivity index (χ1n) is 6.36. The van der Waals surface area contributed by atoms with Gasteiger partial charge in [0.2, 0.25) is 0 Å². The molecule has 0 aliphatic rings. The van der Waals surface area contributed by atoms with E-state index < -0.39 is 0 Å². The van der Waals surface area contributed by atoms with Crippen molar-refractivity contribution in [1.82, 2.24) is 0 Å². The minimum Gasteiger partial charge on any atom is -0.494 e. The average molecular weight is 320 g/mol. The number of hydrogen-bond donors (Lipinski definition) is 1. The Morgan fingerprint density at radius 2 is 1.89 bits per heavy atom. The second kappa shape index (κ2) is 6.22. The third-order valence-corrected chi connectivity index (χ3v) is 3.62. The van der Waals surface area contributed by atoms with Crippen LogP contribution in [0.15, 0.2) is 46.9 Å². The highest BCUT2D eigenvalue weighted by Crippen LogP contribution is 2.32. The van der Waals surface area contributed by atoms with E-state index in [4.69, 9.17) is 10.5 Å². The summed E-state index contributed by atoms with van der Waals surface area (Å²) >= 11 is 3.50. The summed E-state index contributed by atoms with van der Waals surface area (Å²) < 4.78 is 6.68. The molecule has 0 bridgehead atoms. The molecule has 2 aromatic rings. The van der Waals surface area contributed by atoms with E-state index >= 15 is 0 Å². The summed E-state index contributed by atoms with van der Waals surface area (Å²) in [5.74, 6) is 0.849. The Hall–Kier alpha value is -1.32. The molecule has 0 spiro atoms. The van der Waals surface area contributed by atoms with Gasteiger partial charge in [-0.25, -0.2) is 0 Å². The SMILES string of the molecule is CCOc1ccc(Br)cc1C(N)c1ccccc1C. The van der Waals surface area contributed by atoms with E-state index in [1.165, 1.54) is 5.56 Å². The molecule has 2 N–H and O–H groups in total. The van der Waals surface area contributed by atoms with Crippen LogP contribution in [0.2, 0.25) is 0 Å². The summed E-state index contributed by atoms with van der Waals surface area (Å²) in [6.07, 6.45) is 0. The third kappa shape index (κ3) is 3.17. The van der Waals surface area contributed by atoms with E-state index in [1.54, 1.807) is 0 Å². The fourth-order valence-corrected chi connectivity index (χ4v) is 2.53. The number of benzene rings is 2. The normalized spacial score (nSPS) is 12.2. The topological polar surface area (TPSA) is 35.2 Å². The number of rotatable bonds is 4. The molecule has 0 saturated carbocycles. The number of hydrogen-bond acceptors (Lipinski definition) is 2. The van der Waals surface area contributed by atoms with Crippen LogP contribution in [-0.2, 0) is 0 Å². The van der Waals surface area contributed by atoms with Gasteiger partial charge >= 0.3 is 0 Å². The molecule has 0 radical (unpaired) electrons. The lowest BCUT2D eigenvalue weighted by molar-refractivity contribution is 0.335. The highest BCUT2D eigenvalue weighted by Gasteiger charge is 2.16. The molecular weight excluding hydrogens is 302 g/mol. The van der Waals surface area contributed by atoms with Gasteiger partial charge in [-0.2, -0.15) is 0 Å². The van der Waals surface area contributed by atoms with Crippen molar-refractivity contribution in [2.75, 3.05) is 6.61 Å². The first-order valence-corrected chi connectivity index (χ1v) is 7.16. The Balaban J connectivity index is 2.45. The van der Waals surface area contributed by atoms with Gasteiger partial charge in [0.1, 0.15) is 5.75 Å². The highest BCUT2D eigenvalue weighted by molar-refractivity contribution is 9.10. The quantitative estimate of drug-likeness (QED) is 0.916. The molecular formula is C16H18BrNO. The van der Waals surface area contributed by atoms with Crippen molar-refractivity contribution < 1.29 is 4.74 Å². The Kier molecular flexibility index (Phi) is 4.61. The van der Waals surface area contributed by atoms with Gasteiger partial charge < -0.3 is 10.5 Å². The Morgan fingerprint density at radius 1 is 1.16 bits per heavy atom. The van der Waals surface area contributed by atoms with Crippen LogP contribution < -0.4 is 10.5 Å². The van der Waals surface area contributed by atoms with Crippen molar-refractivity contribution in [3.8, 4) is 5.75 Å². The van der Waals surface area contributed by atoms with Crippen molar-refractivity contribution >= 4 is 15.9 Å². The van der Waals surface area contributed by atoms with Crippen LogP contribution in [0.4, 0.5) is 0 Å². The molecule has 0 fully saturated rings. The van der Waals surface area contributed by atoms with E-state index in [9.17, 15) is 0 Å². The fraction of sp³-hybridized carbons (Fsp3) is 0.250. The van der Waals surface area contributed by atoms with Gasteiger partial charge in [-0.05, 0) is 43.2 Å². The zero-order valence-corrected chi connectivity index (χ0v) is 12.8. The standard InChI is InChI=1S/C16H18BrNO/c1-3-19-15-9-8-12(17)10-14(15)16(18)13-7-5-4-6-11(13)2/h4-10,16H,3,18H2,1-2H3. The average Bonchev–Trinajstić information content (AvgIpc) is 2.41.